The van der Waals surface area contributed by atoms with Gasteiger partial charge in [0.1, 0.15) is 0 Å². The van der Waals surface area contributed by atoms with Gasteiger partial charge >= 0.3 is 5.69 Å². The van der Waals surface area contributed by atoms with Gasteiger partial charge in [-0.1, -0.05) is 29.8 Å². The van der Waals surface area contributed by atoms with Crippen LogP contribution in [0.3, 0.4) is 0 Å². The summed E-state index contributed by atoms with van der Waals surface area (Å²) in [5, 5.41) is 8.18. The molecule has 1 fully saturated rings. The fourth-order valence-corrected chi connectivity index (χ4v) is 4.67. The molecule has 1 unspecified atom stereocenters. The smallest absolute Gasteiger partial charge is 0.332 e. The highest BCUT2D eigenvalue weighted by molar-refractivity contribution is 5.81. The second kappa shape index (κ2) is 8.60. The van der Waals surface area contributed by atoms with E-state index in [1.165, 1.54) is 9.13 Å². The fourth-order valence-electron chi connectivity index (χ4n) is 4.67. The molecule has 1 saturated heterocycles. The van der Waals surface area contributed by atoms with Gasteiger partial charge < -0.3 is 15.2 Å². The molecule has 0 radical (unpaired) electrons. The predicted molar refractivity (Wildman–Crippen MR) is 133 cm³/mol. The van der Waals surface area contributed by atoms with E-state index in [2.05, 4.69) is 21.2 Å². The number of rotatable bonds is 5. The van der Waals surface area contributed by atoms with E-state index >= 15 is 0 Å². The van der Waals surface area contributed by atoms with Gasteiger partial charge in [0.05, 0.1) is 17.8 Å². The number of hydrogen-bond donors (Lipinski definition) is 2. The number of allylic oxidation sites excluding steroid dienone is 2. The van der Waals surface area contributed by atoms with Crippen LogP contribution in [0, 0.1) is 0 Å². The molecule has 3 aromatic heterocycles. The molecule has 3 N–H and O–H groups in total. The Morgan fingerprint density at radius 1 is 1.24 bits per heavy atom. The van der Waals surface area contributed by atoms with Gasteiger partial charge in [-0.25, -0.2) is 4.79 Å². The van der Waals surface area contributed by atoms with Gasteiger partial charge in [-0.3, -0.25) is 19.0 Å². The van der Waals surface area contributed by atoms with Gasteiger partial charge in [-0.2, -0.15) is 10.1 Å². The number of imidazole rings is 1. The van der Waals surface area contributed by atoms with Gasteiger partial charge in [0.15, 0.2) is 11.2 Å². The summed E-state index contributed by atoms with van der Waals surface area (Å²) in [5.74, 6) is 0.680. The van der Waals surface area contributed by atoms with Crippen molar-refractivity contribution in [3.8, 4) is 0 Å². The zero-order valence-corrected chi connectivity index (χ0v) is 19.8. The third-order valence-corrected chi connectivity index (χ3v) is 6.49. The molecule has 0 spiro atoms. The lowest BCUT2D eigenvalue weighted by Crippen LogP contribution is -2.44. The van der Waals surface area contributed by atoms with E-state index in [1.807, 2.05) is 42.7 Å². The van der Waals surface area contributed by atoms with E-state index in [0.717, 1.165) is 35.9 Å². The van der Waals surface area contributed by atoms with Crippen molar-refractivity contribution in [2.75, 3.05) is 18.0 Å². The molecule has 4 heterocycles. The zero-order chi connectivity index (χ0) is 24.0. The number of nitrogens with zero attached hydrogens (tertiary/aromatic N) is 6. The first kappa shape index (κ1) is 22.1. The molecule has 4 aromatic rings. The quantitative estimate of drug-likeness (QED) is 0.436. The van der Waals surface area contributed by atoms with Crippen LogP contribution in [0.2, 0.25) is 0 Å². The first-order chi connectivity index (χ1) is 16.3. The van der Waals surface area contributed by atoms with Gasteiger partial charge in [0, 0.05) is 38.1 Å². The van der Waals surface area contributed by atoms with Crippen molar-refractivity contribution in [2.45, 2.75) is 45.8 Å². The summed E-state index contributed by atoms with van der Waals surface area (Å²) >= 11 is 0. The van der Waals surface area contributed by atoms with Crippen LogP contribution >= 0.6 is 0 Å². The molecule has 1 aliphatic heterocycles. The van der Waals surface area contributed by atoms with Crippen LogP contribution in [-0.4, -0.2) is 48.0 Å². The van der Waals surface area contributed by atoms with Gasteiger partial charge in [-0.15, -0.1) is 0 Å². The number of hydrogen-bond acceptors (Lipinski definition) is 6. The number of anilines is 1. The van der Waals surface area contributed by atoms with E-state index in [-0.39, 0.29) is 18.1 Å². The minimum Gasteiger partial charge on any atom is -0.341 e. The van der Waals surface area contributed by atoms with Crippen LogP contribution in [-0.2, 0) is 20.1 Å². The SMILES string of the molecule is CC(C)=CCn1c(N2CCCC(N)C2)nc2c1c(=O)n(Cc1[nH]nc3ccccc13)c(=O)n2C. The van der Waals surface area contributed by atoms with Crippen LogP contribution in [0.25, 0.3) is 22.1 Å². The third-order valence-electron chi connectivity index (χ3n) is 6.49. The van der Waals surface area contributed by atoms with Gasteiger partial charge in [0.2, 0.25) is 5.95 Å². The largest absolute Gasteiger partial charge is 0.341 e. The first-order valence-corrected chi connectivity index (χ1v) is 11.6. The van der Waals surface area contributed by atoms with Crippen LogP contribution in [0.15, 0.2) is 45.5 Å². The number of fused-ring (bicyclic) bond motifs is 2. The second-order valence-electron chi connectivity index (χ2n) is 9.28. The summed E-state index contributed by atoms with van der Waals surface area (Å²) in [6, 6.07) is 7.69. The fraction of sp³-hybridized carbons (Fsp3) is 0.417. The molecule has 34 heavy (non-hydrogen) atoms. The Morgan fingerprint density at radius 2 is 2.03 bits per heavy atom. The number of aryl methyl sites for hydroxylation is 1. The minimum atomic E-state index is -0.412. The molecule has 0 aliphatic carbocycles. The average Bonchev–Trinajstić information content (AvgIpc) is 3.41. The summed E-state index contributed by atoms with van der Waals surface area (Å²) in [4.78, 5) is 34.0. The normalized spacial score (nSPS) is 16.5. The van der Waals surface area contributed by atoms with Crippen molar-refractivity contribution in [1.82, 2.24) is 28.9 Å². The summed E-state index contributed by atoms with van der Waals surface area (Å²) in [6.07, 6.45) is 3.99. The Kier molecular flexibility index (Phi) is 5.60. The van der Waals surface area contributed by atoms with E-state index < -0.39 is 5.69 Å². The van der Waals surface area contributed by atoms with Crippen LogP contribution in [0.5, 0.6) is 0 Å². The number of piperidine rings is 1. The monoisotopic (exact) mass is 462 g/mol. The molecule has 178 valence electrons. The Morgan fingerprint density at radius 3 is 2.79 bits per heavy atom. The number of para-hydroxylation sites is 1. The highest BCUT2D eigenvalue weighted by Gasteiger charge is 2.26. The Bertz CT molecular complexity index is 1520. The Hall–Kier alpha value is -3.66. The van der Waals surface area contributed by atoms with Crippen molar-refractivity contribution in [2.24, 2.45) is 12.8 Å². The molecule has 10 nitrogen and oxygen atoms in total. The molecule has 1 atom stereocenters. The van der Waals surface area contributed by atoms with Gasteiger partial charge in [-0.05, 0) is 32.8 Å². The Balaban J connectivity index is 1.71. The predicted octanol–water partition coefficient (Wildman–Crippen LogP) is 1.71. The minimum absolute atomic E-state index is 0.0552. The van der Waals surface area contributed by atoms with E-state index in [4.69, 9.17) is 10.7 Å². The second-order valence-corrected chi connectivity index (χ2v) is 9.28. The summed E-state index contributed by atoms with van der Waals surface area (Å²) in [5.41, 5.74) is 8.91. The lowest BCUT2D eigenvalue weighted by molar-refractivity contribution is 0.495. The van der Waals surface area contributed by atoms with Crippen LogP contribution in [0.1, 0.15) is 32.4 Å². The maximum atomic E-state index is 13.8. The number of H-pyrrole nitrogens is 1. The van der Waals surface area contributed by atoms with Crippen molar-refractivity contribution in [3.63, 3.8) is 0 Å². The van der Waals surface area contributed by atoms with Crippen LogP contribution < -0.4 is 21.9 Å². The standard InChI is InChI=1S/C24H30N8O2/c1-15(2)10-12-31-20-21(26-23(31)30-11-6-7-16(25)13-30)29(3)24(34)32(22(20)33)14-19-17-8-4-5-9-18(17)27-28-19/h4-5,8-10,16H,6-7,11-14,25H2,1-3H3,(H,27,28). The molecule has 0 bridgehead atoms. The maximum absolute atomic E-state index is 13.8. The molecular formula is C24H30N8O2. The maximum Gasteiger partial charge on any atom is 0.332 e. The van der Waals surface area contributed by atoms with E-state index in [0.29, 0.717) is 35.9 Å². The third kappa shape index (κ3) is 3.73. The number of aromatic amines is 1. The van der Waals surface area contributed by atoms with Crippen LogP contribution in [0.4, 0.5) is 5.95 Å². The van der Waals surface area contributed by atoms with E-state index in [9.17, 15) is 9.59 Å². The number of nitrogens with two attached hydrogens (primary N) is 1. The van der Waals surface area contributed by atoms with E-state index in [1.54, 1.807) is 7.05 Å². The first-order valence-electron chi connectivity index (χ1n) is 11.6. The highest BCUT2D eigenvalue weighted by Crippen LogP contribution is 2.23. The zero-order valence-electron chi connectivity index (χ0n) is 19.8. The number of nitrogens with one attached hydrogen (secondary N) is 1. The lowest BCUT2D eigenvalue weighted by atomic mass is 10.1. The summed E-state index contributed by atoms with van der Waals surface area (Å²) < 4.78 is 4.64. The number of aromatic nitrogens is 6. The Labute approximate surface area is 196 Å². The lowest BCUT2D eigenvalue weighted by Gasteiger charge is -2.31. The average molecular weight is 463 g/mol. The van der Waals surface area contributed by atoms with Crippen molar-refractivity contribution >= 4 is 28.0 Å². The highest BCUT2D eigenvalue weighted by atomic mass is 16.2. The molecule has 0 saturated carbocycles. The molecule has 1 aromatic carbocycles. The number of benzene rings is 1. The van der Waals surface area contributed by atoms with Crippen molar-refractivity contribution in [1.29, 1.82) is 0 Å². The van der Waals surface area contributed by atoms with Crippen molar-refractivity contribution in [3.05, 3.63) is 62.4 Å². The molecule has 1 aliphatic rings. The molecule has 10 heteroatoms. The molecule has 0 amide bonds. The molecule has 5 rings (SSSR count). The van der Waals surface area contributed by atoms with Gasteiger partial charge in [0.25, 0.3) is 5.56 Å². The summed E-state index contributed by atoms with van der Waals surface area (Å²) in [7, 11) is 1.66. The molecular weight excluding hydrogens is 432 g/mol. The summed E-state index contributed by atoms with van der Waals surface area (Å²) in [6.45, 7) is 6.11. The van der Waals surface area contributed by atoms with Crippen molar-refractivity contribution < 1.29 is 0 Å². The topological polar surface area (TPSA) is 120 Å².